The van der Waals surface area contributed by atoms with E-state index in [9.17, 15) is 9.32 Å². The molecular weight excluding hydrogens is 462 g/mol. The first kappa shape index (κ1) is 21.5. The highest BCUT2D eigenvalue weighted by molar-refractivity contribution is 9.09. The van der Waals surface area contributed by atoms with Crippen molar-refractivity contribution in [1.29, 1.82) is 0 Å². The van der Waals surface area contributed by atoms with E-state index in [0.717, 1.165) is 0 Å². The fraction of sp³-hybridized carbons (Fsp3) is 0.375. The molecule has 2 unspecified atom stereocenters. The Balaban J connectivity index is 2.39. The topological polar surface area (TPSA) is 91.9 Å². The Labute approximate surface area is 169 Å². The van der Waals surface area contributed by atoms with Crippen LogP contribution in [-0.2, 0) is 11.3 Å². The zero-order valence-electron chi connectivity index (χ0n) is 14.6. The van der Waals surface area contributed by atoms with Gasteiger partial charge in [-0.05, 0) is 50.3 Å². The number of halogens is 2. The summed E-state index contributed by atoms with van der Waals surface area (Å²) < 4.78 is 33.9. The van der Waals surface area contributed by atoms with Crippen LogP contribution in [0.15, 0.2) is 28.7 Å². The van der Waals surface area contributed by atoms with Crippen LogP contribution in [-0.4, -0.2) is 28.7 Å². The average molecular weight is 483 g/mol. The minimum absolute atomic E-state index is 0.0621. The number of aromatic hydroxyl groups is 1. The maximum absolute atomic E-state index is 10.7. The second kappa shape index (κ2) is 8.90. The molecule has 6 nitrogen and oxygen atoms in total. The number of alkyl halides is 1. The van der Waals surface area contributed by atoms with Crippen LogP contribution >= 0.6 is 27.5 Å². The van der Waals surface area contributed by atoms with E-state index in [-0.39, 0.29) is 17.1 Å². The number of benzene rings is 1. The lowest BCUT2D eigenvalue weighted by molar-refractivity contribution is 0.438. The van der Waals surface area contributed by atoms with Gasteiger partial charge in [0.15, 0.2) is 17.3 Å². The normalized spacial score (nSPS) is 14.2. The molecule has 1 aromatic carbocycles. The summed E-state index contributed by atoms with van der Waals surface area (Å²) in [6.45, 7) is 6.30. The van der Waals surface area contributed by atoms with Crippen LogP contribution in [0.2, 0.25) is 24.7 Å². The van der Waals surface area contributed by atoms with Crippen molar-refractivity contribution in [2.24, 2.45) is 0 Å². The maximum Gasteiger partial charge on any atom is 0.242 e. The van der Waals surface area contributed by atoms with Crippen molar-refractivity contribution < 1.29 is 22.7 Å². The highest BCUT2D eigenvalue weighted by atomic mass is 79.9. The highest BCUT2D eigenvalue weighted by Gasteiger charge is 2.30. The van der Waals surface area contributed by atoms with Gasteiger partial charge >= 0.3 is 0 Å². The Morgan fingerprint density at radius 1 is 1.35 bits per heavy atom. The molecule has 0 aliphatic heterocycles. The Morgan fingerprint density at radius 2 is 1.96 bits per heavy atom. The van der Waals surface area contributed by atoms with E-state index < -0.39 is 19.6 Å². The molecule has 0 amide bonds. The Kier molecular flexibility index (Phi) is 7.34. The predicted molar refractivity (Wildman–Crippen MR) is 110 cm³/mol. The van der Waals surface area contributed by atoms with Crippen LogP contribution < -0.4 is 9.15 Å². The molecule has 0 fully saturated rings. The monoisotopic (exact) mass is 481 g/mol. The van der Waals surface area contributed by atoms with Gasteiger partial charge in [0.25, 0.3) is 0 Å². The van der Waals surface area contributed by atoms with Crippen LogP contribution in [0.1, 0.15) is 17.0 Å². The summed E-state index contributed by atoms with van der Waals surface area (Å²) in [4.78, 5) is -0.308. The molecule has 144 valence electrons. The molecule has 0 bridgehead atoms. The summed E-state index contributed by atoms with van der Waals surface area (Å²) in [6, 6.07) is 6.93. The molecule has 1 heterocycles. The maximum atomic E-state index is 10.7. The first-order valence-electron chi connectivity index (χ1n) is 7.87. The second-order valence-corrected chi connectivity index (χ2v) is 13.4. The molecule has 2 aromatic rings. The van der Waals surface area contributed by atoms with Crippen LogP contribution in [0.3, 0.4) is 0 Å². The molecular formula is C16H21BrClNO5SSi. The molecule has 0 spiro atoms. The molecule has 2 rings (SSSR count). The number of nitrogens with one attached hydrogen (secondary N) is 1. The summed E-state index contributed by atoms with van der Waals surface area (Å²) in [5.74, 6) is 0.988. The summed E-state index contributed by atoms with van der Waals surface area (Å²) >= 11 is 7.36. The summed E-state index contributed by atoms with van der Waals surface area (Å²) in [6.07, 6.45) is 0.460. The first-order chi connectivity index (χ1) is 12.1. The zero-order chi connectivity index (χ0) is 19.5. The summed E-state index contributed by atoms with van der Waals surface area (Å²) in [5.41, 5.74) is 0.674. The van der Waals surface area contributed by atoms with Crippen LogP contribution in [0.5, 0.6) is 11.5 Å². The standard InChI is InChI=1S/C16H21BrClNO5SSi/c1-26(2,3)24-16-13(20)14(10-4-6-11(18)7-5-10)23-15(16)12(17)8-9-19-25(21)22/h4-7,12,19-20H,8-9H2,1-3H3,(H,21,22). The highest BCUT2D eigenvalue weighted by Crippen LogP contribution is 2.48. The van der Waals surface area contributed by atoms with Crippen molar-refractivity contribution in [3.8, 4) is 22.8 Å². The zero-order valence-corrected chi connectivity index (χ0v) is 18.7. The van der Waals surface area contributed by atoms with Gasteiger partial charge in [-0.2, -0.15) is 0 Å². The van der Waals surface area contributed by atoms with Crippen LogP contribution in [0.4, 0.5) is 0 Å². The van der Waals surface area contributed by atoms with E-state index in [1.165, 1.54) is 0 Å². The minimum atomic E-state index is -2.08. The van der Waals surface area contributed by atoms with Crippen molar-refractivity contribution in [1.82, 2.24) is 4.72 Å². The SMILES string of the molecule is C[Si](C)(C)Oc1c(C(Br)CCNS(=O)O)oc(-c2ccc(Cl)cc2)c1O. The molecule has 0 saturated carbocycles. The van der Waals surface area contributed by atoms with Gasteiger partial charge in [0.2, 0.25) is 25.3 Å². The average Bonchev–Trinajstić information content (AvgIpc) is 2.83. The largest absolute Gasteiger partial charge is 0.539 e. The molecule has 1 aromatic heterocycles. The van der Waals surface area contributed by atoms with Gasteiger partial charge in [-0.25, -0.2) is 8.93 Å². The van der Waals surface area contributed by atoms with Gasteiger partial charge in [0.05, 0.1) is 4.83 Å². The molecule has 2 atom stereocenters. The van der Waals surface area contributed by atoms with Gasteiger partial charge in [0.1, 0.15) is 0 Å². The molecule has 0 aliphatic carbocycles. The summed E-state index contributed by atoms with van der Waals surface area (Å²) in [5, 5.41) is 11.3. The van der Waals surface area contributed by atoms with Crippen molar-refractivity contribution in [2.75, 3.05) is 6.54 Å². The van der Waals surface area contributed by atoms with Crippen molar-refractivity contribution in [3.05, 3.63) is 35.0 Å². The summed E-state index contributed by atoms with van der Waals surface area (Å²) in [7, 11) is -2.02. The van der Waals surface area contributed by atoms with Gasteiger partial charge in [-0.15, -0.1) is 0 Å². The molecule has 0 aliphatic rings. The molecule has 0 saturated heterocycles. The van der Waals surface area contributed by atoms with E-state index in [1.54, 1.807) is 24.3 Å². The lowest BCUT2D eigenvalue weighted by atomic mass is 10.1. The quantitative estimate of drug-likeness (QED) is 0.277. The molecule has 26 heavy (non-hydrogen) atoms. The molecule has 3 N–H and O–H groups in total. The first-order valence-corrected chi connectivity index (χ1v) is 13.7. The Bertz CT molecular complexity index is 778. The van der Waals surface area contributed by atoms with Gasteiger partial charge in [-0.1, -0.05) is 27.5 Å². The molecule has 0 radical (unpaired) electrons. The van der Waals surface area contributed by atoms with Gasteiger partial charge < -0.3 is 13.9 Å². The number of hydrogen-bond acceptors (Lipinski definition) is 4. The van der Waals surface area contributed by atoms with Crippen LogP contribution in [0.25, 0.3) is 11.3 Å². The lowest BCUT2D eigenvalue weighted by Gasteiger charge is -2.20. The van der Waals surface area contributed by atoms with E-state index >= 15 is 0 Å². The van der Waals surface area contributed by atoms with E-state index in [0.29, 0.717) is 34.3 Å². The fourth-order valence-electron chi connectivity index (χ4n) is 2.24. The van der Waals surface area contributed by atoms with E-state index in [1.807, 2.05) is 19.6 Å². The Morgan fingerprint density at radius 3 is 2.50 bits per heavy atom. The minimum Gasteiger partial charge on any atom is -0.539 e. The molecule has 10 heteroatoms. The van der Waals surface area contributed by atoms with Crippen LogP contribution in [0, 0.1) is 0 Å². The fourth-order valence-corrected chi connectivity index (χ4v) is 3.99. The lowest BCUT2D eigenvalue weighted by Crippen LogP contribution is -2.29. The third-order valence-electron chi connectivity index (χ3n) is 3.29. The van der Waals surface area contributed by atoms with E-state index in [4.69, 9.17) is 25.0 Å². The number of furan rings is 1. The van der Waals surface area contributed by atoms with Crippen molar-refractivity contribution >= 4 is 47.1 Å². The van der Waals surface area contributed by atoms with Crippen molar-refractivity contribution in [3.63, 3.8) is 0 Å². The van der Waals surface area contributed by atoms with E-state index in [2.05, 4.69) is 20.7 Å². The third kappa shape index (κ3) is 5.83. The van der Waals surface area contributed by atoms with Crippen molar-refractivity contribution in [2.45, 2.75) is 30.9 Å². The van der Waals surface area contributed by atoms with Gasteiger partial charge in [-0.3, -0.25) is 4.55 Å². The smallest absolute Gasteiger partial charge is 0.242 e. The number of rotatable bonds is 8. The van der Waals surface area contributed by atoms with Gasteiger partial charge in [0, 0.05) is 17.1 Å². The predicted octanol–water partition coefficient (Wildman–Crippen LogP) is 5.07. The second-order valence-electron chi connectivity index (χ2n) is 6.59. The Hall–Kier alpha value is -0.843. The third-order valence-corrected chi connectivity index (χ3v) is 5.68. The number of hydrogen-bond donors (Lipinski definition) is 3.